The number of nitro benzene ring substituents is 1. The number of ether oxygens (including phenoxy) is 1. The molecule has 2 aromatic rings. The Morgan fingerprint density at radius 3 is 2.76 bits per heavy atom. The van der Waals surface area contributed by atoms with E-state index >= 15 is 0 Å². The SMILES string of the molecule is Cc1ccccc1OCC#CCNC(=O)c1ccc(Cl)c([N+](=O)[O-])c1. The molecule has 0 aliphatic rings. The third-order valence-electron chi connectivity index (χ3n) is 3.26. The maximum absolute atomic E-state index is 12.0. The number of amides is 1. The van der Waals surface area contributed by atoms with Gasteiger partial charge in [-0.05, 0) is 30.7 Å². The molecule has 0 spiro atoms. The van der Waals surface area contributed by atoms with E-state index in [1.165, 1.54) is 12.1 Å². The number of nitrogens with one attached hydrogen (secondary N) is 1. The zero-order chi connectivity index (χ0) is 18.2. The molecule has 2 rings (SSSR count). The largest absolute Gasteiger partial charge is 0.481 e. The lowest BCUT2D eigenvalue weighted by Gasteiger charge is -2.04. The summed E-state index contributed by atoms with van der Waals surface area (Å²) in [5.74, 6) is 5.84. The van der Waals surface area contributed by atoms with Gasteiger partial charge in [0.1, 0.15) is 17.4 Å². The zero-order valence-corrected chi connectivity index (χ0v) is 14.2. The second-order valence-corrected chi connectivity index (χ2v) is 5.42. The van der Waals surface area contributed by atoms with Crippen molar-refractivity contribution in [2.45, 2.75) is 6.92 Å². The number of hydrogen-bond acceptors (Lipinski definition) is 4. The van der Waals surface area contributed by atoms with Gasteiger partial charge in [0.2, 0.25) is 0 Å². The van der Waals surface area contributed by atoms with E-state index in [4.69, 9.17) is 16.3 Å². The molecule has 25 heavy (non-hydrogen) atoms. The highest BCUT2D eigenvalue weighted by Crippen LogP contribution is 2.24. The topological polar surface area (TPSA) is 81.5 Å². The summed E-state index contributed by atoms with van der Waals surface area (Å²) in [5, 5.41) is 13.4. The molecule has 0 aliphatic carbocycles. The average Bonchev–Trinajstić information content (AvgIpc) is 2.59. The van der Waals surface area contributed by atoms with Crippen molar-refractivity contribution in [3.63, 3.8) is 0 Å². The molecule has 2 aromatic carbocycles. The number of nitro groups is 1. The van der Waals surface area contributed by atoms with Crippen LogP contribution >= 0.6 is 11.6 Å². The molecule has 0 atom stereocenters. The molecule has 1 amide bonds. The van der Waals surface area contributed by atoms with Gasteiger partial charge in [-0.15, -0.1) is 0 Å². The number of benzene rings is 2. The van der Waals surface area contributed by atoms with Gasteiger partial charge in [-0.3, -0.25) is 14.9 Å². The first-order valence-corrected chi connectivity index (χ1v) is 7.73. The summed E-state index contributed by atoms with van der Waals surface area (Å²) in [6.07, 6.45) is 0. The van der Waals surface area contributed by atoms with E-state index in [1.54, 1.807) is 0 Å². The molecule has 0 aromatic heterocycles. The van der Waals surface area contributed by atoms with E-state index in [2.05, 4.69) is 17.2 Å². The van der Waals surface area contributed by atoms with E-state index in [1.807, 2.05) is 31.2 Å². The molecule has 7 heteroatoms. The van der Waals surface area contributed by atoms with E-state index in [0.29, 0.717) is 0 Å². The van der Waals surface area contributed by atoms with Crippen LogP contribution in [0, 0.1) is 28.9 Å². The second kappa shape index (κ2) is 8.71. The molecule has 0 heterocycles. The fourth-order valence-electron chi connectivity index (χ4n) is 1.97. The molecule has 0 unspecified atom stereocenters. The monoisotopic (exact) mass is 358 g/mol. The number of hydrogen-bond donors (Lipinski definition) is 1. The van der Waals surface area contributed by atoms with E-state index < -0.39 is 10.8 Å². The summed E-state index contributed by atoms with van der Waals surface area (Å²) in [6.45, 7) is 2.24. The highest BCUT2D eigenvalue weighted by molar-refractivity contribution is 6.32. The maximum atomic E-state index is 12.0. The molecule has 0 fully saturated rings. The number of nitrogens with zero attached hydrogens (tertiary/aromatic N) is 1. The van der Waals surface area contributed by atoms with Crippen molar-refractivity contribution in [2.75, 3.05) is 13.2 Å². The Morgan fingerprint density at radius 1 is 1.28 bits per heavy atom. The van der Waals surface area contributed by atoms with E-state index in [-0.39, 0.29) is 29.4 Å². The lowest BCUT2D eigenvalue weighted by atomic mass is 10.2. The normalized spacial score (nSPS) is 9.68. The van der Waals surface area contributed by atoms with Crippen LogP contribution in [0.15, 0.2) is 42.5 Å². The maximum Gasteiger partial charge on any atom is 0.288 e. The molecule has 0 bridgehead atoms. The smallest absolute Gasteiger partial charge is 0.288 e. The number of para-hydroxylation sites is 1. The Labute approximate surface area is 149 Å². The van der Waals surface area contributed by atoms with Gasteiger partial charge >= 0.3 is 0 Å². The fraction of sp³-hybridized carbons (Fsp3) is 0.167. The number of halogens is 1. The van der Waals surface area contributed by atoms with Crippen molar-refractivity contribution < 1.29 is 14.5 Å². The van der Waals surface area contributed by atoms with Gasteiger partial charge in [0.15, 0.2) is 0 Å². The summed E-state index contributed by atoms with van der Waals surface area (Å²) in [7, 11) is 0. The molecular weight excluding hydrogens is 344 g/mol. The lowest BCUT2D eigenvalue weighted by Crippen LogP contribution is -2.23. The third-order valence-corrected chi connectivity index (χ3v) is 3.58. The predicted molar refractivity (Wildman–Crippen MR) is 94.9 cm³/mol. The van der Waals surface area contributed by atoms with Crippen molar-refractivity contribution >= 4 is 23.2 Å². The van der Waals surface area contributed by atoms with Crippen molar-refractivity contribution in [1.82, 2.24) is 5.32 Å². The molecule has 1 N–H and O–H groups in total. The number of carbonyl (C=O) groups is 1. The first-order chi connectivity index (χ1) is 12.0. The van der Waals surface area contributed by atoms with Crippen LogP contribution in [0.25, 0.3) is 0 Å². The molecule has 0 saturated heterocycles. The van der Waals surface area contributed by atoms with Crippen LogP contribution in [0.2, 0.25) is 5.02 Å². The Bertz CT molecular complexity index is 856. The molecule has 0 saturated carbocycles. The molecular formula is C18H15ClN2O4. The minimum atomic E-state index is -0.637. The number of carbonyl (C=O) groups excluding carboxylic acids is 1. The van der Waals surface area contributed by atoms with Crippen LogP contribution in [0.5, 0.6) is 5.75 Å². The van der Waals surface area contributed by atoms with Gasteiger partial charge < -0.3 is 10.1 Å². The van der Waals surface area contributed by atoms with Crippen LogP contribution < -0.4 is 10.1 Å². The Hall–Kier alpha value is -3.04. The van der Waals surface area contributed by atoms with Gasteiger partial charge in [0.05, 0.1) is 11.5 Å². The number of aryl methyl sites for hydroxylation is 1. The minimum absolute atomic E-state index is 0.0188. The Morgan fingerprint density at radius 2 is 2.04 bits per heavy atom. The van der Waals surface area contributed by atoms with Gasteiger partial charge in [0, 0.05) is 11.6 Å². The van der Waals surface area contributed by atoms with Gasteiger partial charge in [-0.2, -0.15) is 0 Å². The zero-order valence-electron chi connectivity index (χ0n) is 13.4. The van der Waals surface area contributed by atoms with E-state index in [0.717, 1.165) is 17.4 Å². The minimum Gasteiger partial charge on any atom is -0.481 e. The van der Waals surface area contributed by atoms with E-state index in [9.17, 15) is 14.9 Å². The van der Waals surface area contributed by atoms with Gasteiger partial charge in [-0.25, -0.2) is 0 Å². The summed E-state index contributed by atoms with van der Waals surface area (Å²) in [6, 6.07) is 11.5. The summed E-state index contributed by atoms with van der Waals surface area (Å²) in [5.41, 5.74) is 0.850. The van der Waals surface area contributed by atoms with Crippen LogP contribution in [0.1, 0.15) is 15.9 Å². The van der Waals surface area contributed by atoms with Crippen LogP contribution in [0.3, 0.4) is 0 Å². The summed E-state index contributed by atoms with van der Waals surface area (Å²) >= 11 is 5.71. The van der Waals surface area contributed by atoms with Crippen LogP contribution in [0.4, 0.5) is 5.69 Å². The predicted octanol–water partition coefficient (Wildman–Crippen LogP) is 3.37. The summed E-state index contributed by atoms with van der Waals surface area (Å²) in [4.78, 5) is 22.1. The second-order valence-electron chi connectivity index (χ2n) is 5.01. The quantitative estimate of drug-likeness (QED) is 0.504. The Balaban J connectivity index is 1.84. The summed E-state index contributed by atoms with van der Waals surface area (Å²) < 4.78 is 5.51. The average molecular weight is 359 g/mol. The number of rotatable bonds is 5. The van der Waals surface area contributed by atoms with Crippen LogP contribution in [-0.2, 0) is 0 Å². The van der Waals surface area contributed by atoms with Gasteiger partial charge in [-0.1, -0.05) is 41.6 Å². The highest BCUT2D eigenvalue weighted by Gasteiger charge is 2.15. The highest BCUT2D eigenvalue weighted by atomic mass is 35.5. The Kier molecular flexibility index (Phi) is 6.38. The lowest BCUT2D eigenvalue weighted by molar-refractivity contribution is -0.384. The van der Waals surface area contributed by atoms with Crippen molar-refractivity contribution in [2.24, 2.45) is 0 Å². The van der Waals surface area contributed by atoms with Crippen molar-refractivity contribution in [3.8, 4) is 17.6 Å². The standard InChI is InChI=1S/C18H15ClN2O4/c1-13-6-2-3-7-17(13)25-11-5-4-10-20-18(22)14-8-9-15(19)16(12-14)21(23)24/h2-3,6-9,12H,10-11H2,1H3,(H,20,22). The van der Waals surface area contributed by atoms with Crippen molar-refractivity contribution in [1.29, 1.82) is 0 Å². The van der Waals surface area contributed by atoms with Crippen LogP contribution in [-0.4, -0.2) is 24.0 Å². The third kappa shape index (κ3) is 5.23. The van der Waals surface area contributed by atoms with Gasteiger partial charge in [0.25, 0.3) is 11.6 Å². The first kappa shape index (κ1) is 18.3. The molecule has 6 nitrogen and oxygen atoms in total. The molecule has 128 valence electrons. The fourth-order valence-corrected chi connectivity index (χ4v) is 2.15. The first-order valence-electron chi connectivity index (χ1n) is 7.35. The molecule has 0 radical (unpaired) electrons. The molecule has 0 aliphatic heterocycles. The van der Waals surface area contributed by atoms with Crippen molar-refractivity contribution in [3.05, 3.63) is 68.7 Å².